The van der Waals surface area contributed by atoms with Crippen LogP contribution in [-0.2, 0) is 0 Å². The van der Waals surface area contributed by atoms with Crippen LogP contribution in [0.25, 0.3) is 0 Å². The molecule has 0 spiro atoms. The monoisotopic (exact) mass is 267 g/mol. The van der Waals surface area contributed by atoms with Crippen molar-refractivity contribution in [2.45, 2.75) is 33.6 Å². The molecule has 1 atom stereocenters. The number of fused-ring (bicyclic) bond motifs is 1. The minimum atomic E-state index is 0.298. The third-order valence-electron chi connectivity index (χ3n) is 4.58. The molecular formula is C18H21NO. The second kappa shape index (κ2) is 4.55. The molecule has 0 fully saturated rings. The maximum absolute atomic E-state index is 6.26. The van der Waals surface area contributed by atoms with Gasteiger partial charge in [-0.3, -0.25) is 0 Å². The second-order valence-electron chi connectivity index (χ2n) is 5.81. The van der Waals surface area contributed by atoms with Crippen molar-refractivity contribution >= 4 is 5.69 Å². The van der Waals surface area contributed by atoms with Crippen molar-refractivity contribution in [3.8, 4) is 5.75 Å². The number of hydrogen-bond donors (Lipinski definition) is 1. The summed E-state index contributed by atoms with van der Waals surface area (Å²) in [5.41, 5.74) is 14.5. The first-order valence-electron chi connectivity index (χ1n) is 7.09. The summed E-state index contributed by atoms with van der Waals surface area (Å²) < 4.78 is 5.99. The smallest absolute Gasteiger partial charge is 0.126 e. The molecule has 2 aromatic rings. The van der Waals surface area contributed by atoms with Crippen LogP contribution in [0.4, 0.5) is 5.69 Å². The lowest BCUT2D eigenvalue weighted by molar-refractivity contribution is 0.341. The van der Waals surface area contributed by atoms with Gasteiger partial charge >= 0.3 is 0 Å². The van der Waals surface area contributed by atoms with Crippen molar-refractivity contribution in [3.63, 3.8) is 0 Å². The number of nitrogens with two attached hydrogens (primary N) is 1. The number of anilines is 1. The molecule has 0 saturated carbocycles. The molecule has 2 N–H and O–H groups in total. The van der Waals surface area contributed by atoms with Gasteiger partial charge in [0.1, 0.15) is 5.75 Å². The van der Waals surface area contributed by atoms with Crippen molar-refractivity contribution in [3.05, 3.63) is 57.6 Å². The molecule has 20 heavy (non-hydrogen) atoms. The molecule has 1 aliphatic rings. The zero-order chi connectivity index (χ0) is 14.4. The van der Waals surface area contributed by atoms with Gasteiger partial charge in [-0.15, -0.1) is 0 Å². The Labute approximate surface area is 120 Å². The highest BCUT2D eigenvalue weighted by Crippen LogP contribution is 2.45. The number of ether oxygens (including phenoxy) is 1. The van der Waals surface area contributed by atoms with Crippen LogP contribution in [-0.4, -0.2) is 6.61 Å². The molecule has 2 heteroatoms. The average molecular weight is 267 g/mol. The molecule has 2 aromatic carbocycles. The molecule has 0 amide bonds. The molecule has 0 unspecified atom stereocenters. The Morgan fingerprint density at radius 3 is 2.25 bits per heavy atom. The summed E-state index contributed by atoms with van der Waals surface area (Å²) in [5.74, 6) is 1.34. The zero-order valence-electron chi connectivity index (χ0n) is 12.6. The van der Waals surface area contributed by atoms with Crippen LogP contribution in [0.2, 0.25) is 0 Å². The highest BCUT2D eigenvalue weighted by atomic mass is 16.5. The average Bonchev–Trinajstić information content (AvgIpc) is 2.88. The molecule has 0 radical (unpaired) electrons. The topological polar surface area (TPSA) is 35.2 Å². The van der Waals surface area contributed by atoms with Crippen molar-refractivity contribution in [2.75, 3.05) is 12.3 Å². The maximum atomic E-state index is 6.26. The van der Waals surface area contributed by atoms with E-state index >= 15 is 0 Å². The molecule has 0 aromatic heterocycles. The van der Waals surface area contributed by atoms with Gasteiger partial charge in [0.15, 0.2) is 0 Å². The second-order valence-corrected chi connectivity index (χ2v) is 5.81. The van der Waals surface area contributed by atoms with Crippen LogP contribution in [0, 0.1) is 27.7 Å². The van der Waals surface area contributed by atoms with Gasteiger partial charge in [-0.25, -0.2) is 0 Å². The Morgan fingerprint density at radius 2 is 1.60 bits per heavy atom. The first-order chi connectivity index (χ1) is 9.50. The van der Waals surface area contributed by atoms with Crippen molar-refractivity contribution < 1.29 is 4.74 Å². The number of aryl methyl sites for hydroxylation is 1. The lowest BCUT2D eigenvalue weighted by Gasteiger charge is -2.17. The number of benzene rings is 2. The third kappa shape index (κ3) is 1.79. The van der Waals surface area contributed by atoms with Gasteiger partial charge in [0.2, 0.25) is 0 Å². The van der Waals surface area contributed by atoms with E-state index in [2.05, 4.69) is 52.0 Å². The van der Waals surface area contributed by atoms with Crippen LogP contribution < -0.4 is 10.5 Å². The molecule has 0 bridgehead atoms. The summed E-state index contributed by atoms with van der Waals surface area (Å²) in [6, 6.07) is 8.71. The van der Waals surface area contributed by atoms with Crippen LogP contribution in [0.5, 0.6) is 5.75 Å². The van der Waals surface area contributed by atoms with Crippen molar-refractivity contribution in [1.29, 1.82) is 0 Å². The van der Waals surface area contributed by atoms with Gasteiger partial charge in [-0.1, -0.05) is 29.8 Å². The van der Waals surface area contributed by atoms with E-state index < -0.39 is 0 Å². The number of rotatable bonds is 1. The highest BCUT2D eigenvalue weighted by molar-refractivity contribution is 5.68. The number of nitrogen functional groups attached to an aromatic ring is 1. The fourth-order valence-corrected chi connectivity index (χ4v) is 3.09. The first kappa shape index (κ1) is 13.0. The number of hydrogen-bond acceptors (Lipinski definition) is 2. The summed E-state index contributed by atoms with van der Waals surface area (Å²) in [5, 5.41) is 0. The van der Waals surface area contributed by atoms with Crippen LogP contribution in [0.1, 0.15) is 39.3 Å². The third-order valence-corrected chi connectivity index (χ3v) is 4.58. The molecule has 104 valence electrons. The van der Waals surface area contributed by atoms with E-state index in [1.165, 1.54) is 27.8 Å². The van der Waals surface area contributed by atoms with E-state index in [0.717, 1.165) is 17.0 Å². The molecule has 1 aliphatic heterocycles. The lowest BCUT2D eigenvalue weighted by Crippen LogP contribution is -2.05. The van der Waals surface area contributed by atoms with Gasteiger partial charge in [0, 0.05) is 17.2 Å². The molecule has 3 rings (SSSR count). The van der Waals surface area contributed by atoms with Crippen LogP contribution >= 0.6 is 0 Å². The van der Waals surface area contributed by atoms with E-state index in [1.54, 1.807) is 0 Å². The predicted octanol–water partition coefficient (Wildman–Crippen LogP) is 4.03. The summed E-state index contributed by atoms with van der Waals surface area (Å²) in [6.45, 7) is 9.10. The molecule has 0 saturated heterocycles. The fraction of sp³-hybridized carbons (Fsp3) is 0.333. The predicted molar refractivity (Wildman–Crippen MR) is 83.6 cm³/mol. The summed E-state index contributed by atoms with van der Waals surface area (Å²) in [4.78, 5) is 0. The van der Waals surface area contributed by atoms with E-state index in [1.807, 2.05) is 0 Å². The largest absolute Gasteiger partial charge is 0.492 e. The van der Waals surface area contributed by atoms with Gasteiger partial charge in [0.05, 0.1) is 6.61 Å². The minimum Gasteiger partial charge on any atom is -0.492 e. The Kier molecular flexibility index (Phi) is 2.97. The van der Waals surface area contributed by atoms with Crippen LogP contribution in [0.3, 0.4) is 0 Å². The van der Waals surface area contributed by atoms with Crippen molar-refractivity contribution in [1.82, 2.24) is 0 Å². The van der Waals surface area contributed by atoms with Gasteiger partial charge in [-0.05, 0) is 49.9 Å². The van der Waals surface area contributed by atoms with Gasteiger partial charge in [0.25, 0.3) is 0 Å². The van der Waals surface area contributed by atoms with Gasteiger partial charge < -0.3 is 10.5 Å². The summed E-state index contributed by atoms with van der Waals surface area (Å²) in [6.07, 6.45) is 0. The fourth-order valence-electron chi connectivity index (χ4n) is 3.09. The van der Waals surface area contributed by atoms with E-state index in [9.17, 15) is 0 Å². The van der Waals surface area contributed by atoms with Crippen molar-refractivity contribution in [2.24, 2.45) is 0 Å². The zero-order valence-corrected chi connectivity index (χ0v) is 12.6. The standard InChI is InChI=1S/C18H21NO/c1-10-5-7-14(8-6-10)15-9-20-18-12(3)11(2)17(19)13(4)16(15)18/h5-8,15H,9,19H2,1-4H3/t15-/m1/s1. The Bertz CT molecular complexity index is 671. The highest BCUT2D eigenvalue weighted by Gasteiger charge is 2.31. The lowest BCUT2D eigenvalue weighted by atomic mass is 9.86. The normalized spacial score (nSPS) is 16.9. The Hall–Kier alpha value is -1.96. The minimum absolute atomic E-state index is 0.298. The van der Waals surface area contributed by atoms with Crippen LogP contribution in [0.15, 0.2) is 24.3 Å². The van der Waals surface area contributed by atoms with Gasteiger partial charge in [-0.2, -0.15) is 0 Å². The quantitative estimate of drug-likeness (QED) is 0.792. The molecular weight excluding hydrogens is 246 g/mol. The molecule has 2 nitrogen and oxygen atoms in total. The SMILES string of the molecule is Cc1ccc([C@H]2COc3c(C)c(C)c(N)c(C)c32)cc1. The maximum Gasteiger partial charge on any atom is 0.126 e. The first-order valence-corrected chi connectivity index (χ1v) is 7.09. The Morgan fingerprint density at radius 1 is 0.950 bits per heavy atom. The molecule has 1 heterocycles. The van der Waals surface area contributed by atoms with E-state index in [0.29, 0.717) is 12.5 Å². The molecule has 0 aliphatic carbocycles. The summed E-state index contributed by atoms with van der Waals surface area (Å²) >= 11 is 0. The summed E-state index contributed by atoms with van der Waals surface area (Å²) in [7, 11) is 0. The van der Waals surface area contributed by atoms with E-state index in [4.69, 9.17) is 10.5 Å². The Balaban J connectivity index is 2.17. The van der Waals surface area contributed by atoms with E-state index in [-0.39, 0.29) is 0 Å².